The van der Waals surface area contributed by atoms with Gasteiger partial charge in [-0.1, -0.05) is 12.1 Å². The number of carbonyl (C=O) groups excluding carboxylic acids is 2. The fourth-order valence-electron chi connectivity index (χ4n) is 2.59. The van der Waals surface area contributed by atoms with Gasteiger partial charge in [-0.25, -0.2) is 4.79 Å². The molecule has 7 nitrogen and oxygen atoms in total. The molecule has 2 aromatic rings. The highest BCUT2D eigenvalue weighted by molar-refractivity contribution is 6.00. The minimum Gasteiger partial charge on any atom is -0.494 e. The summed E-state index contributed by atoms with van der Waals surface area (Å²) in [4.78, 5) is 24.2. The summed E-state index contributed by atoms with van der Waals surface area (Å²) in [6.45, 7) is 6.56. The Labute approximate surface area is 153 Å². The van der Waals surface area contributed by atoms with Crippen molar-refractivity contribution in [1.29, 1.82) is 0 Å². The van der Waals surface area contributed by atoms with E-state index in [4.69, 9.17) is 9.47 Å². The molecule has 0 aliphatic carbocycles. The summed E-state index contributed by atoms with van der Waals surface area (Å²) in [5.41, 5.74) is 2.37. The van der Waals surface area contributed by atoms with E-state index in [1.165, 1.54) is 11.8 Å². The average Bonchev–Trinajstić information content (AvgIpc) is 2.94. The summed E-state index contributed by atoms with van der Waals surface area (Å²) in [6, 6.07) is 7.77. The van der Waals surface area contributed by atoms with Gasteiger partial charge in [0.2, 0.25) is 5.91 Å². The molecule has 7 heteroatoms. The number of amides is 1. The first-order valence-corrected chi connectivity index (χ1v) is 8.61. The van der Waals surface area contributed by atoms with Gasteiger partial charge in [0.25, 0.3) is 0 Å². The molecule has 0 saturated heterocycles. The minimum atomic E-state index is -0.523. The molecule has 0 unspecified atom stereocenters. The molecule has 1 heterocycles. The number of nitrogens with zero attached hydrogens (tertiary/aromatic N) is 2. The number of hydrogen-bond donors (Lipinski definition) is 1. The van der Waals surface area contributed by atoms with E-state index in [2.05, 4.69) is 10.4 Å². The van der Waals surface area contributed by atoms with Crippen LogP contribution in [0, 0.1) is 13.8 Å². The van der Waals surface area contributed by atoms with Gasteiger partial charge in [-0.2, -0.15) is 5.10 Å². The van der Waals surface area contributed by atoms with E-state index in [9.17, 15) is 9.59 Å². The molecule has 2 rings (SSSR count). The second kappa shape index (κ2) is 9.03. The predicted molar refractivity (Wildman–Crippen MR) is 98.5 cm³/mol. The van der Waals surface area contributed by atoms with Gasteiger partial charge in [-0.05, 0) is 44.9 Å². The van der Waals surface area contributed by atoms with Crippen LogP contribution in [0.4, 0.5) is 5.69 Å². The van der Waals surface area contributed by atoms with Crippen molar-refractivity contribution in [3.8, 4) is 5.75 Å². The molecule has 1 aromatic heterocycles. The topological polar surface area (TPSA) is 82.5 Å². The zero-order chi connectivity index (χ0) is 19.1. The molecular weight excluding hydrogens is 334 g/mol. The Hall–Kier alpha value is -2.83. The minimum absolute atomic E-state index is 0.193. The number of aromatic nitrogens is 2. The van der Waals surface area contributed by atoms with E-state index in [0.29, 0.717) is 31.0 Å². The fourth-order valence-corrected chi connectivity index (χ4v) is 2.59. The van der Waals surface area contributed by atoms with Gasteiger partial charge >= 0.3 is 5.97 Å². The first-order valence-electron chi connectivity index (χ1n) is 8.61. The second-order valence-electron chi connectivity index (χ2n) is 5.93. The SMILES string of the molecule is CCn1nc(C)c(NC(=O)CCCOc2cccc(C)c2)c1C(=O)OC. The Morgan fingerprint density at radius 3 is 2.69 bits per heavy atom. The molecule has 0 bridgehead atoms. The molecule has 0 radical (unpaired) electrons. The third-order valence-corrected chi connectivity index (χ3v) is 3.88. The van der Waals surface area contributed by atoms with Crippen molar-refractivity contribution in [3.63, 3.8) is 0 Å². The number of methoxy groups -OCH3 is 1. The van der Waals surface area contributed by atoms with E-state index in [0.717, 1.165) is 11.3 Å². The van der Waals surface area contributed by atoms with E-state index < -0.39 is 5.97 Å². The fraction of sp³-hybridized carbons (Fsp3) is 0.421. The normalized spacial score (nSPS) is 10.5. The number of ether oxygens (including phenoxy) is 2. The Balaban J connectivity index is 1.91. The van der Waals surface area contributed by atoms with Crippen molar-refractivity contribution in [3.05, 3.63) is 41.2 Å². The highest BCUT2D eigenvalue weighted by Crippen LogP contribution is 2.22. The third-order valence-electron chi connectivity index (χ3n) is 3.88. The monoisotopic (exact) mass is 359 g/mol. The van der Waals surface area contributed by atoms with Crippen LogP contribution in [-0.2, 0) is 16.1 Å². The van der Waals surface area contributed by atoms with E-state index in [1.807, 2.05) is 38.1 Å². The van der Waals surface area contributed by atoms with Crippen LogP contribution >= 0.6 is 0 Å². The quantitative estimate of drug-likeness (QED) is 0.578. The Kier molecular flexibility index (Phi) is 6.77. The summed E-state index contributed by atoms with van der Waals surface area (Å²) in [5, 5.41) is 7.05. The number of nitrogens with one attached hydrogen (secondary N) is 1. The largest absolute Gasteiger partial charge is 0.494 e. The zero-order valence-electron chi connectivity index (χ0n) is 15.7. The van der Waals surface area contributed by atoms with Gasteiger partial charge in [0, 0.05) is 13.0 Å². The Bertz CT molecular complexity index is 783. The van der Waals surface area contributed by atoms with Crippen molar-refractivity contribution < 1.29 is 19.1 Å². The van der Waals surface area contributed by atoms with Crippen molar-refractivity contribution in [2.45, 2.75) is 40.2 Å². The van der Waals surface area contributed by atoms with Gasteiger partial charge < -0.3 is 14.8 Å². The van der Waals surface area contributed by atoms with Crippen molar-refractivity contribution in [2.24, 2.45) is 0 Å². The zero-order valence-corrected chi connectivity index (χ0v) is 15.7. The predicted octanol–water partition coefficient (Wildman–Crippen LogP) is 3.10. The molecule has 26 heavy (non-hydrogen) atoms. The van der Waals surface area contributed by atoms with E-state index in [1.54, 1.807) is 6.92 Å². The van der Waals surface area contributed by atoms with Gasteiger partial charge in [-0.3, -0.25) is 9.48 Å². The van der Waals surface area contributed by atoms with Gasteiger partial charge in [-0.15, -0.1) is 0 Å². The molecule has 0 fully saturated rings. The van der Waals surface area contributed by atoms with Crippen LogP contribution in [0.1, 0.15) is 41.5 Å². The molecule has 0 atom stereocenters. The van der Waals surface area contributed by atoms with Crippen molar-refractivity contribution in [1.82, 2.24) is 9.78 Å². The number of hydrogen-bond acceptors (Lipinski definition) is 5. The molecule has 0 spiro atoms. The maximum Gasteiger partial charge on any atom is 0.358 e. The number of carbonyl (C=O) groups is 2. The molecule has 1 amide bonds. The molecule has 0 aliphatic rings. The summed E-state index contributed by atoms with van der Waals surface area (Å²) in [6.07, 6.45) is 0.845. The maximum absolute atomic E-state index is 12.2. The molecule has 1 aromatic carbocycles. The highest BCUT2D eigenvalue weighted by Gasteiger charge is 2.23. The van der Waals surface area contributed by atoms with E-state index >= 15 is 0 Å². The van der Waals surface area contributed by atoms with Crippen LogP contribution in [0.5, 0.6) is 5.75 Å². The molecule has 1 N–H and O–H groups in total. The molecular formula is C19H25N3O4. The van der Waals surface area contributed by atoms with Gasteiger partial charge in [0.05, 0.1) is 25.1 Å². The lowest BCUT2D eigenvalue weighted by molar-refractivity contribution is -0.116. The maximum atomic E-state index is 12.2. The van der Waals surface area contributed by atoms with Crippen LogP contribution in [0.15, 0.2) is 24.3 Å². The summed E-state index contributed by atoms with van der Waals surface area (Å²) in [5.74, 6) is 0.0748. The first-order chi connectivity index (χ1) is 12.5. The Morgan fingerprint density at radius 2 is 2.04 bits per heavy atom. The van der Waals surface area contributed by atoms with Crippen molar-refractivity contribution >= 4 is 17.6 Å². The highest BCUT2D eigenvalue weighted by atomic mass is 16.5. The number of rotatable bonds is 8. The number of anilines is 1. The summed E-state index contributed by atoms with van der Waals surface area (Å²) < 4.78 is 12.0. The average molecular weight is 359 g/mol. The molecule has 140 valence electrons. The lowest BCUT2D eigenvalue weighted by atomic mass is 10.2. The second-order valence-corrected chi connectivity index (χ2v) is 5.93. The molecule has 0 saturated carbocycles. The summed E-state index contributed by atoms with van der Waals surface area (Å²) in [7, 11) is 1.30. The molecule has 0 aliphatic heterocycles. The smallest absolute Gasteiger partial charge is 0.358 e. The van der Waals surface area contributed by atoms with Crippen molar-refractivity contribution in [2.75, 3.05) is 19.0 Å². The third kappa shape index (κ3) is 4.84. The van der Waals surface area contributed by atoms with Crippen LogP contribution in [0.25, 0.3) is 0 Å². The lowest BCUT2D eigenvalue weighted by Crippen LogP contribution is -2.17. The van der Waals surface area contributed by atoms with Crippen LogP contribution < -0.4 is 10.1 Å². The summed E-state index contributed by atoms with van der Waals surface area (Å²) >= 11 is 0. The van der Waals surface area contributed by atoms with Crippen LogP contribution in [0.3, 0.4) is 0 Å². The Morgan fingerprint density at radius 1 is 1.27 bits per heavy atom. The first kappa shape index (κ1) is 19.5. The van der Waals surface area contributed by atoms with E-state index in [-0.39, 0.29) is 18.0 Å². The van der Waals surface area contributed by atoms with Gasteiger partial charge in [0.1, 0.15) is 5.75 Å². The van der Waals surface area contributed by atoms with Crippen LogP contribution in [-0.4, -0.2) is 35.4 Å². The number of benzene rings is 1. The number of esters is 1. The van der Waals surface area contributed by atoms with Gasteiger partial charge in [0.15, 0.2) is 5.69 Å². The standard InChI is InChI=1S/C19H25N3O4/c1-5-22-18(19(24)25-4)17(14(3)21-22)20-16(23)10-7-11-26-15-9-6-8-13(2)12-15/h6,8-9,12H,5,7,10-11H2,1-4H3,(H,20,23). The van der Waals surface area contributed by atoms with Crippen LogP contribution in [0.2, 0.25) is 0 Å². The number of aryl methyl sites for hydroxylation is 3. The lowest BCUT2D eigenvalue weighted by Gasteiger charge is -2.09.